The second-order valence-corrected chi connectivity index (χ2v) is 8.28. The van der Waals surface area contributed by atoms with Gasteiger partial charge in [-0.3, -0.25) is 4.98 Å². The van der Waals surface area contributed by atoms with Gasteiger partial charge in [0.05, 0.1) is 24.1 Å². The lowest BCUT2D eigenvalue weighted by atomic mass is 9.98. The molecule has 1 aromatic heterocycles. The second kappa shape index (κ2) is 5.58. The van der Waals surface area contributed by atoms with Crippen LogP contribution in [0.15, 0.2) is 36.5 Å². The van der Waals surface area contributed by atoms with Gasteiger partial charge in [0.2, 0.25) is 9.05 Å². The molecular formula is C14H16ClNO3S. The van der Waals surface area contributed by atoms with Crippen LogP contribution in [0.4, 0.5) is 0 Å². The molecule has 0 aliphatic carbocycles. The van der Waals surface area contributed by atoms with E-state index in [0.717, 1.165) is 10.9 Å². The van der Waals surface area contributed by atoms with Crippen molar-refractivity contribution in [3.8, 4) is 5.75 Å². The predicted molar refractivity (Wildman–Crippen MR) is 80.7 cm³/mol. The highest BCUT2D eigenvalue weighted by molar-refractivity contribution is 8.13. The fourth-order valence-corrected chi connectivity index (χ4v) is 3.82. The van der Waals surface area contributed by atoms with Crippen LogP contribution in [0.25, 0.3) is 10.9 Å². The summed E-state index contributed by atoms with van der Waals surface area (Å²) in [5, 5.41) is 0.979. The van der Waals surface area contributed by atoms with Gasteiger partial charge in [0.15, 0.2) is 0 Å². The number of nitrogens with zero attached hydrogens (tertiary/aromatic N) is 1. The van der Waals surface area contributed by atoms with Crippen molar-refractivity contribution in [1.82, 2.24) is 4.98 Å². The molecule has 1 aromatic carbocycles. The maximum Gasteiger partial charge on any atom is 0.233 e. The first-order valence-corrected chi connectivity index (χ1v) is 8.63. The Morgan fingerprint density at radius 3 is 2.70 bits per heavy atom. The Balaban J connectivity index is 2.09. The van der Waals surface area contributed by atoms with Crippen LogP contribution < -0.4 is 4.74 Å². The fraction of sp³-hybridized carbons (Fsp3) is 0.357. The molecule has 6 heteroatoms. The first-order chi connectivity index (χ1) is 9.25. The van der Waals surface area contributed by atoms with E-state index in [1.54, 1.807) is 20.0 Å². The van der Waals surface area contributed by atoms with Gasteiger partial charge in [0.1, 0.15) is 5.75 Å². The molecule has 0 spiro atoms. The minimum absolute atomic E-state index is 0.136. The molecule has 0 aliphatic rings. The van der Waals surface area contributed by atoms with Crippen LogP contribution in [-0.4, -0.2) is 25.8 Å². The van der Waals surface area contributed by atoms with Gasteiger partial charge in [-0.2, -0.15) is 0 Å². The summed E-state index contributed by atoms with van der Waals surface area (Å²) in [5.74, 6) is 0.478. The topological polar surface area (TPSA) is 56.3 Å². The van der Waals surface area contributed by atoms with Gasteiger partial charge < -0.3 is 4.74 Å². The maximum atomic E-state index is 11.1. The summed E-state index contributed by atoms with van der Waals surface area (Å²) in [5.41, 5.74) is 0.328. The third kappa shape index (κ3) is 4.35. The number of aromatic nitrogens is 1. The number of ether oxygens (including phenoxy) is 1. The smallest absolute Gasteiger partial charge is 0.233 e. The molecular weight excluding hydrogens is 298 g/mol. The molecule has 0 fully saturated rings. The number of halogens is 1. The summed E-state index contributed by atoms with van der Waals surface area (Å²) >= 11 is 0. The number of hydrogen-bond donors (Lipinski definition) is 0. The van der Waals surface area contributed by atoms with Crippen LogP contribution >= 0.6 is 10.7 Å². The van der Waals surface area contributed by atoms with Gasteiger partial charge in [0, 0.05) is 21.5 Å². The van der Waals surface area contributed by atoms with Crippen molar-refractivity contribution >= 4 is 30.6 Å². The van der Waals surface area contributed by atoms with E-state index in [1.165, 1.54) is 0 Å². The minimum Gasteiger partial charge on any atom is -0.491 e. The summed E-state index contributed by atoms with van der Waals surface area (Å²) in [7, 11) is 1.74. The molecule has 0 aliphatic heterocycles. The number of benzene rings is 1. The van der Waals surface area contributed by atoms with Crippen molar-refractivity contribution in [3.05, 3.63) is 36.5 Å². The zero-order valence-electron chi connectivity index (χ0n) is 11.3. The highest BCUT2D eigenvalue weighted by atomic mass is 35.7. The first-order valence-electron chi connectivity index (χ1n) is 6.15. The number of pyridine rings is 1. The lowest BCUT2D eigenvalue weighted by Crippen LogP contribution is -2.28. The quantitative estimate of drug-likeness (QED) is 0.795. The number of fused-ring (bicyclic) bond motifs is 1. The van der Waals surface area contributed by atoms with Gasteiger partial charge >= 0.3 is 0 Å². The van der Waals surface area contributed by atoms with Crippen molar-refractivity contribution in [3.63, 3.8) is 0 Å². The molecule has 0 radical (unpaired) electrons. The zero-order valence-corrected chi connectivity index (χ0v) is 12.9. The van der Waals surface area contributed by atoms with Gasteiger partial charge in [-0.05, 0) is 12.1 Å². The van der Waals surface area contributed by atoms with Crippen molar-refractivity contribution in [1.29, 1.82) is 0 Å². The van der Waals surface area contributed by atoms with E-state index in [9.17, 15) is 8.42 Å². The molecule has 0 saturated heterocycles. The van der Waals surface area contributed by atoms with E-state index >= 15 is 0 Å². The molecule has 20 heavy (non-hydrogen) atoms. The van der Waals surface area contributed by atoms with E-state index in [0.29, 0.717) is 5.75 Å². The van der Waals surface area contributed by atoms with Crippen molar-refractivity contribution in [2.75, 3.05) is 12.4 Å². The lowest BCUT2D eigenvalue weighted by molar-refractivity contribution is 0.200. The van der Waals surface area contributed by atoms with Gasteiger partial charge in [0.25, 0.3) is 0 Å². The van der Waals surface area contributed by atoms with E-state index in [4.69, 9.17) is 15.4 Å². The maximum absolute atomic E-state index is 11.1. The SMILES string of the molecule is CC(C)(COc1cnc2ccccc2c1)CS(=O)(=O)Cl. The van der Waals surface area contributed by atoms with Crippen molar-refractivity contribution in [2.45, 2.75) is 13.8 Å². The summed E-state index contributed by atoms with van der Waals surface area (Å²) in [6, 6.07) is 9.60. The molecule has 0 bridgehead atoms. The summed E-state index contributed by atoms with van der Waals surface area (Å²) in [4.78, 5) is 4.29. The van der Waals surface area contributed by atoms with E-state index in [2.05, 4.69) is 4.98 Å². The fourth-order valence-electron chi connectivity index (χ4n) is 1.92. The van der Waals surface area contributed by atoms with Gasteiger partial charge in [-0.25, -0.2) is 8.42 Å². The number of para-hydroxylation sites is 1. The highest BCUT2D eigenvalue weighted by Gasteiger charge is 2.26. The monoisotopic (exact) mass is 313 g/mol. The largest absolute Gasteiger partial charge is 0.491 e. The minimum atomic E-state index is -3.54. The van der Waals surface area contributed by atoms with E-state index in [-0.39, 0.29) is 12.4 Å². The van der Waals surface area contributed by atoms with Crippen LogP contribution in [-0.2, 0) is 9.05 Å². The lowest BCUT2D eigenvalue weighted by Gasteiger charge is -2.22. The molecule has 1 heterocycles. The van der Waals surface area contributed by atoms with E-state index < -0.39 is 14.5 Å². The third-order valence-electron chi connectivity index (χ3n) is 2.76. The Bertz CT molecular complexity index is 713. The Morgan fingerprint density at radius 1 is 1.30 bits per heavy atom. The zero-order chi connectivity index (χ0) is 14.8. The number of hydrogen-bond acceptors (Lipinski definition) is 4. The van der Waals surface area contributed by atoms with Crippen molar-refractivity contribution < 1.29 is 13.2 Å². The summed E-state index contributed by atoms with van der Waals surface area (Å²) < 4.78 is 27.9. The molecule has 0 atom stereocenters. The van der Waals surface area contributed by atoms with Crippen LogP contribution in [0.3, 0.4) is 0 Å². The Hall–Kier alpha value is -1.33. The molecule has 4 nitrogen and oxygen atoms in total. The molecule has 0 N–H and O–H groups in total. The number of rotatable bonds is 5. The van der Waals surface area contributed by atoms with Crippen LogP contribution in [0.1, 0.15) is 13.8 Å². The van der Waals surface area contributed by atoms with Crippen LogP contribution in [0.5, 0.6) is 5.75 Å². The average Bonchev–Trinajstić information content (AvgIpc) is 2.33. The third-order valence-corrected chi connectivity index (χ3v) is 4.21. The first kappa shape index (κ1) is 15.1. The van der Waals surface area contributed by atoms with Gasteiger partial charge in [-0.15, -0.1) is 0 Å². The van der Waals surface area contributed by atoms with Crippen molar-refractivity contribution in [2.24, 2.45) is 5.41 Å². The standard InChI is InChI=1S/C14H16ClNO3S/c1-14(2,10-20(15,17)18)9-19-12-7-11-5-3-4-6-13(11)16-8-12/h3-8H,9-10H2,1-2H3. The predicted octanol–water partition coefficient (Wildman–Crippen LogP) is 3.21. The molecule has 0 saturated carbocycles. The van der Waals surface area contributed by atoms with Crippen LogP contribution in [0.2, 0.25) is 0 Å². The Labute approximate surface area is 123 Å². The van der Waals surface area contributed by atoms with Gasteiger partial charge in [-0.1, -0.05) is 32.0 Å². The summed E-state index contributed by atoms with van der Waals surface area (Å²) in [6.45, 7) is 3.84. The highest BCUT2D eigenvalue weighted by Crippen LogP contribution is 2.23. The molecule has 0 unspecified atom stereocenters. The molecule has 0 amide bonds. The second-order valence-electron chi connectivity index (χ2n) is 5.50. The van der Waals surface area contributed by atoms with Crippen LogP contribution in [0, 0.1) is 5.41 Å². The molecule has 2 rings (SSSR count). The average molecular weight is 314 g/mol. The molecule has 2 aromatic rings. The molecule has 108 valence electrons. The normalized spacial score (nSPS) is 12.6. The Morgan fingerprint density at radius 2 is 2.00 bits per heavy atom. The van der Waals surface area contributed by atoms with E-state index in [1.807, 2.05) is 30.3 Å². The summed E-state index contributed by atoms with van der Waals surface area (Å²) in [6.07, 6.45) is 1.63. The Kier molecular flexibility index (Phi) is 4.20.